The van der Waals surface area contributed by atoms with Crippen molar-refractivity contribution in [3.63, 3.8) is 0 Å². The summed E-state index contributed by atoms with van der Waals surface area (Å²) in [5.41, 5.74) is 3.09. The minimum Gasteiger partial charge on any atom is -0.287 e. The van der Waals surface area contributed by atoms with Crippen molar-refractivity contribution in [1.82, 2.24) is 4.90 Å². The fraction of sp³-hybridized carbons (Fsp3) is 0.238. The van der Waals surface area contributed by atoms with Crippen LogP contribution in [0.1, 0.15) is 37.8 Å². The van der Waals surface area contributed by atoms with Crippen LogP contribution in [-0.4, -0.2) is 22.5 Å². The molecule has 1 amide bonds. The van der Waals surface area contributed by atoms with Crippen molar-refractivity contribution in [3.8, 4) is 0 Å². The van der Waals surface area contributed by atoms with E-state index in [2.05, 4.69) is 43.1 Å². The largest absolute Gasteiger partial charge is 0.287 e. The number of benzene rings is 2. The molecule has 1 saturated heterocycles. The van der Waals surface area contributed by atoms with E-state index in [-0.39, 0.29) is 5.91 Å². The second-order valence-electron chi connectivity index (χ2n) is 6.35. The third kappa shape index (κ3) is 4.19. The van der Waals surface area contributed by atoms with E-state index in [4.69, 9.17) is 11.6 Å². The van der Waals surface area contributed by atoms with Gasteiger partial charge in [-0.25, -0.2) is 4.99 Å². The quantitative estimate of drug-likeness (QED) is 0.597. The molecule has 3 nitrogen and oxygen atoms in total. The van der Waals surface area contributed by atoms with Crippen LogP contribution in [0.25, 0.3) is 6.08 Å². The van der Waals surface area contributed by atoms with E-state index in [1.165, 1.54) is 17.3 Å². The van der Waals surface area contributed by atoms with Gasteiger partial charge in [-0.15, -0.1) is 0 Å². The maximum absolute atomic E-state index is 12.7. The number of amides is 1. The molecule has 2 aromatic carbocycles. The summed E-state index contributed by atoms with van der Waals surface area (Å²) in [6, 6.07) is 15.6. The van der Waals surface area contributed by atoms with E-state index < -0.39 is 0 Å². The topological polar surface area (TPSA) is 32.7 Å². The smallest absolute Gasteiger partial charge is 0.266 e. The Labute approximate surface area is 163 Å². The van der Waals surface area contributed by atoms with Gasteiger partial charge in [0, 0.05) is 11.6 Å². The summed E-state index contributed by atoms with van der Waals surface area (Å²) in [6.07, 6.45) is 1.93. The van der Waals surface area contributed by atoms with Crippen LogP contribution in [0, 0.1) is 0 Å². The molecule has 0 aliphatic carbocycles. The predicted octanol–water partition coefficient (Wildman–Crippen LogP) is 6.09. The Bertz CT molecular complexity index is 855. The molecule has 1 fully saturated rings. The third-order valence-electron chi connectivity index (χ3n) is 4.16. The van der Waals surface area contributed by atoms with Gasteiger partial charge in [0.05, 0.1) is 10.6 Å². The first-order valence-electron chi connectivity index (χ1n) is 8.63. The average Bonchev–Trinajstić information content (AvgIpc) is 2.92. The molecule has 1 heterocycles. The van der Waals surface area contributed by atoms with E-state index >= 15 is 0 Å². The molecule has 5 heteroatoms. The molecule has 134 valence electrons. The Morgan fingerprint density at radius 2 is 1.77 bits per heavy atom. The molecule has 0 atom stereocenters. The van der Waals surface area contributed by atoms with E-state index in [0.29, 0.717) is 27.6 Å². The number of carbonyl (C=O) groups excluding carboxylic acids is 1. The van der Waals surface area contributed by atoms with Gasteiger partial charge in [0.15, 0.2) is 5.17 Å². The van der Waals surface area contributed by atoms with Crippen molar-refractivity contribution < 1.29 is 4.79 Å². The van der Waals surface area contributed by atoms with E-state index in [1.54, 1.807) is 17.0 Å². The minimum absolute atomic E-state index is 0.00171. The summed E-state index contributed by atoms with van der Waals surface area (Å²) in [5.74, 6) is 0.492. The van der Waals surface area contributed by atoms with Crippen LogP contribution < -0.4 is 0 Å². The zero-order chi connectivity index (χ0) is 18.7. The molecule has 0 N–H and O–H groups in total. The Kier molecular flexibility index (Phi) is 5.84. The van der Waals surface area contributed by atoms with Gasteiger partial charge < -0.3 is 0 Å². The van der Waals surface area contributed by atoms with Crippen molar-refractivity contribution in [2.75, 3.05) is 6.54 Å². The summed E-state index contributed by atoms with van der Waals surface area (Å²) >= 11 is 7.33. The number of nitrogens with zero attached hydrogens (tertiary/aromatic N) is 2. The third-order valence-corrected chi connectivity index (χ3v) is 5.42. The molecule has 1 aliphatic heterocycles. The van der Waals surface area contributed by atoms with Gasteiger partial charge in [-0.2, -0.15) is 0 Å². The molecule has 2 aromatic rings. The molecule has 3 rings (SSSR count). The highest BCUT2D eigenvalue weighted by atomic mass is 35.5. The number of aliphatic imine (C=N–C) groups is 1. The lowest BCUT2D eigenvalue weighted by Crippen LogP contribution is -2.28. The number of amidine groups is 1. The van der Waals surface area contributed by atoms with Crippen LogP contribution in [0.15, 0.2) is 58.4 Å². The zero-order valence-corrected chi connectivity index (χ0v) is 16.6. The summed E-state index contributed by atoms with van der Waals surface area (Å²) in [4.78, 5) is 19.7. The number of thioether (sulfide) groups is 1. The molecular weight excluding hydrogens is 364 g/mol. The van der Waals surface area contributed by atoms with Gasteiger partial charge in [0.25, 0.3) is 5.91 Å². The average molecular weight is 385 g/mol. The van der Waals surface area contributed by atoms with Crippen molar-refractivity contribution in [1.29, 1.82) is 0 Å². The second-order valence-corrected chi connectivity index (χ2v) is 7.80. The first-order chi connectivity index (χ1) is 12.5. The van der Waals surface area contributed by atoms with Crippen molar-refractivity contribution in [2.24, 2.45) is 4.99 Å². The Morgan fingerprint density at radius 3 is 2.35 bits per heavy atom. The lowest BCUT2D eigenvalue weighted by molar-refractivity contribution is -0.122. The molecule has 0 unspecified atom stereocenters. The number of rotatable bonds is 4. The Hall–Kier alpha value is -2.04. The van der Waals surface area contributed by atoms with Crippen LogP contribution in [0.2, 0.25) is 5.02 Å². The standard InChI is InChI=1S/C21H21ClN2OS/c1-4-24-20(25)19(13-15-5-7-16(8-6-15)14(2)3)26-21(24)23-18-11-9-17(22)10-12-18/h5-14H,4H2,1-3H3/b19-13+,23-21?. The highest BCUT2D eigenvalue weighted by Crippen LogP contribution is 2.34. The summed E-state index contributed by atoms with van der Waals surface area (Å²) in [7, 11) is 0. The van der Waals surface area contributed by atoms with E-state index in [1.807, 2.05) is 25.1 Å². The van der Waals surface area contributed by atoms with Gasteiger partial charge in [-0.3, -0.25) is 9.69 Å². The molecular formula is C21H21ClN2OS. The van der Waals surface area contributed by atoms with Crippen LogP contribution >= 0.6 is 23.4 Å². The van der Waals surface area contributed by atoms with E-state index in [9.17, 15) is 4.79 Å². The lowest BCUT2D eigenvalue weighted by Gasteiger charge is -2.11. The van der Waals surface area contributed by atoms with Crippen LogP contribution in [0.4, 0.5) is 5.69 Å². The minimum atomic E-state index is -0.00171. The first kappa shape index (κ1) is 18.7. The van der Waals surface area contributed by atoms with Crippen LogP contribution in [-0.2, 0) is 4.79 Å². The number of hydrogen-bond donors (Lipinski definition) is 0. The number of halogens is 1. The molecule has 0 radical (unpaired) electrons. The predicted molar refractivity (Wildman–Crippen MR) is 112 cm³/mol. The molecule has 26 heavy (non-hydrogen) atoms. The fourth-order valence-electron chi connectivity index (χ4n) is 2.62. The molecule has 0 spiro atoms. The van der Waals surface area contributed by atoms with Gasteiger partial charge in [0.2, 0.25) is 0 Å². The molecule has 0 aromatic heterocycles. The highest BCUT2D eigenvalue weighted by molar-refractivity contribution is 8.18. The Balaban J connectivity index is 1.87. The molecule has 0 saturated carbocycles. The highest BCUT2D eigenvalue weighted by Gasteiger charge is 2.32. The maximum Gasteiger partial charge on any atom is 0.266 e. The summed E-state index contributed by atoms with van der Waals surface area (Å²) < 4.78 is 0. The number of hydrogen-bond acceptors (Lipinski definition) is 3. The summed E-state index contributed by atoms with van der Waals surface area (Å²) in [6.45, 7) is 6.88. The number of likely N-dealkylation sites (N-methyl/N-ethyl adjacent to an activating group) is 1. The normalized spacial score (nSPS) is 17.7. The van der Waals surface area contributed by atoms with Crippen molar-refractivity contribution >= 4 is 46.2 Å². The first-order valence-corrected chi connectivity index (χ1v) is 9.83. The fourth-order valence-corrected chi connectivity index (χ4v) is 3.81. The number of carbonyl (C=O) groups is 1. The maximum atomic E-state index is 12.7. The van der Waals surface area contributed by atoms with Crippen LogP contribution in [0.5, 0.6) is 0 Å². The van der Waals surface area contributed by atoms with Gasteiger partial charge in [-0.05, 0) is 66.1 Å². The molecule has 1 aliphatic rings. The van der Waals surface area contributed by atoms with Gasteiger partial charge in [-0.1, -0.05) is 49.7 Å². The SMILES string of the molecule is CCN1C(=O)/C(=C\c2ccc(C(C)C)cc2)SC1=Nc1ccc(Cl)cc1. The van der Waals surface area contributed by atoms with Crippen molar-refractivity contribution in [2.45, 2.75) is 26.7 Å². The lowest BCUT2D eigenvalue weighted by atomic mass is 10.0. The van der Waals surface area contributed by atoms with E-state index in [0.717, 1.165) is 11.3 Å². The molecule has 0 bridgehead atoms. The Morgan fingerprint density at radius 1 is 1.12 bits per heavy atom. The van der Waals surface area contributed by atoms with Gasteiger partial charge in [0.1, 0.15) is 0 Å². The van der Waals surface area contributed by atoms with Crippen LogP contribution in [0.3, 0.4) is 0 Å². The van der Waals surface area contributed by atoms with Crippen molar-refractivity contribution in [3.05, 3.63) is 69.6 Å². The monoisotopic (exact) mass is 384 g/mol. The second kappa shape index (κ2) is 8.11. The summed E-state index contributed by atoms with van der Waals surface area (Å²) in [5, 5.41) is 1.37. The van der Waals surface area contributed by atoms with Gasteiger partial charge >= 0.3 is 0 Å². The zero-order valence-electron chi connectivity index (χ0n) is 15.1.